The second-order valence-electron chi connectivity index (χ2n) is 4.31. The lowest BCUT2D eigenvalue weighted by Crippen LogP contribution is -2.36. The summed E-state index contributed by atoms with van der Waals surface area (Å²) >= 11 is 3.78. The van der Waals surface area contributed by atoms with Crippen LogP contribution in [0.2, 0.25) is 0 Å². The highest BCUT2D eigenvalue weighted by atomic mass is 32.2. The van der Waals surface area contributed by atoms with Gasteiger partial charge in [0.2, 0.25) is 0 Å². The van der Waals surface area contributed by atoms with E-state index in [1.54, 1.807) is 12.1 Å². The van der Waals surface area contributed by atoms with Crippen molar-refractivity contribution >= 4 is 23.5 Å². The summed E-state index contributed by atoms with van der Waals surface area (Å²) in [4.78, 5) is 0. The van der Waals surface area contributed by atoms with Crippen LogP contribution in [0.4, 0.5) is 4.39 Å². The number of rotatable bonds is 3. The van der Waals surface area contributed by atoms with Crippen molar-refractivity contribution in [3.63, 3.8) is 0 Å². The van der Waals surface area contributed by atoms with Gasteiger partial charge in [0.05, 0.1) is 6.10 Å². The molecule has 1 aliphatic rings. The highest BCUT2D eigenvalue weighted by molar-refractivity contribution is 8.07. The van der Waals surface area contributed by atoms with Crippen molar-refractivity contribution in [2.75, 3.05) is 11.5 Å². The van der Waals surface area contributed by atoms with Crippen LogP contribution in [0, 0.1) is 5.82 Å². The normalized spacial score (nSPS) is 26.8. The second-order valence-corrected chi connectivity index (χ2v) is 7.08. The van der Waals surface area contributed by atoms with Crippen LogP contribution in [0.3, 0.4) is 0 Å². The molecule has 1 aliphatic heterocycles. The largest absolute Gasteiger partial charge is 0.392 e. The molecule has 94 valence electrons. The molecular formula is C13H17FOS2. The van der Waals surface area contributed by atoms with Crippen LogP contribution in [-0.4, -0.2) is 33.2 Å². The Balaban J connectivity index is 1.95. The van der Waals surface area contributed by atoms with Crippen LogP contribution in [0.1, 0.15) is 12.5 Å². The lowest BCUT2D eigenvalue weighted by Gasteiger charge is -2.31. The Labute approximate surface area is 110 Å². The minimum absolute atomic E-state index is 0.223. The van der Waals surface area contributed by atoms with Crippen molar-refractivity contribution in [2.24, 2.45) is 0 Å². The molecule has 0 radical (unpaired) electrons. The van der Waals surface area contributed by atoms with Crippen LogP contribution >= 0.6 is 23.5 Å². The predicted molar refractivity (Wildman–Crippen MR) is 74.3 cm³/mol. The third-order valence-corrected chi connectivity index (χ3v) is 6.21. The van der Waals surface area contributed by atoms with Gasteiger partial charge in [0.25, 0.3) is 0 Å². The van der Waals surface area contributed by atoms with E-state index >= 15 is 0 Å². The number of hydrogen-bond acceptors (Lipinski definition) is 3. The minimum atomic E-state index is -0.340. The molecule has 0 aromatic heterocycles. The maximum Gasteiger partial charge on any atom is 0.123 e. The van der Waals surface area contributed by atoms with Gasteiger partial charge in [-0.15, -0.1) is 0 Å². The molecule has 0 spiro atoms. The van der Waals surface area contributed by atoms with Gasteiger partial charge < -0.3 is 5.11 Å². The maximum absolute atomic E-state index is 12.8. The molecule has 3 unspecified atom stereocenters. The van der Waals surface area contributed by atoms with E-state index < -0.39 is 0 Å². The lowest BCUT2D eigenvalue weighted by atomic mass is 10.0. The quantitative estimate of drug-likeness (QED) is 0.913. The van der Waals surface area contributed by atoms with Crippen LogP contribution in [0.25, 0.3) is 0 Å². The summed E-state index contributed by atoms with van der Waals surface area (Å²) < 4.78 is 12.8. The topological polar surface area (TPSA) is 20.2 Å². The van der Waals surface area contributed by atoms with Gasteiger partial charge in [-0.05, 0) is 24.1 Å². The van der Waals surface area contributed by atoms with Crippen molar-refractivity contribution < 1.29 is 9.50 Å². The second kappa shape index (κ2) is 6.12. The van der Waals surface area contributed by atoms with Gasteiger partial charge in [-0.2, -0.15) is 23.5 Å². The molecule has 1 heterocycles. The molecule has 0 saturated carbocycles. The first-order valence-corrected chi connectivity index (χ1v) is 7.92. The third kappa shape index (κ3) is 3.63. The highest BCUT2D eigenvalue weighted by Crippen LogP contribution is 2.33. The Morgan fingerprint density at radius 2 is 1.94 bits per heavy atom. The number of hydrogen-bond donors (Lipinski definition) is 1. The van der Waals surface area contributed by atoms with E-state index in [9.17, 15) is 9.50 Å². The van der Waals surface area contributed by atoms with Crippen molar-refractivity contribution in [3.05, 3.63) is 35.6 Å². The smallest absolute Gasteiger partial charge is 0.123 e. The number of aliphatic hydroxyl groups excluding tert-OH is 1. The molecule has 1 aromatic carbocycles. The Hall–Kier alpha value is -0.190. The zero-order valence-electron chi connectivity index (χ0n) is 9.80. The van der Waals surface area contributed by atoms with Crippen molar-refractivity contribution in [1.82, 2.24) is 0 Å². The number of aliphatic hydroxyl groups is 1. The molecule has 4 heteroatoms. The van der Waals surface area contributed by atoms with Crippen LogP contribution in [0.5, 0.6) is 0 Å². The Kier molecular flexibility index (Phi) is 4.77. The van der Waals surface area contributed by atoms with E-state index in [0.717, 1.165) is 11.3 Å². The van der Waals surface area contributed by atoms with E-state index in [1.807, 2.05) is 23.5 Å². The van der Waals surface area contributed by atoms with Crippen LogP contribution < -0.4 is 0 Å². The van der Waals surface area contributed by atoms with E-state index in [-0.39, 0.29) is 11.9 Å². The monoisotopic (exact) mass is 272 g/mol. The Bertz CT molecular complexity index is 355. The summed E-state index contributed by atoms with van der Waals surface area (Å²) in [6.45, 7) is 2.18. The van der Waals surface area contributed by atoms with Crippen LogP contribution in [0.15, 0.2) is 24.3 Å². The summed E-state index contributed by atoms with van der Waals surface area (Å²) in [5, 5.41) is 11.0. The van der Waals surface area contributed by atoms with E-state index in [1.165, 1.54) is 17.9 Å². The Morgan fingerprint density at radius 3 is 2.59 bits per heavy atom. The molecule has 0 bridgehead atoms. The summed E-state index contributed by atoms with van der Waals surface area (Å²) in [6, 6.07) is 6.41. The fourth-order valence-corrected chi connectivity index (χ4v) is 4.90. The molecule has 1 aromatic rings. The van der Waals surface area contributed by atoms with Gasteiger partial charge in [0.1, 0.15) is 5.82 Å². The first-order chi connectivity index (χ1) is 8.16. The summed E-state index contributed by atoms with van der Waals surface area (Å²) in [7, 11) is 0. The van der Waals surface area contributed by atoms with Gasteiger partial charge in [0.15, 0.2) is 0 Å². The average Bonchev–Trinajstić information content (AvgIpc) is 2.32. The van der Waals surface area contributed by atoms with Gasteiger partial charge in [0, 0.05) is 22.0 Å². The molecule has 1 N–H and O–H groups in total. The fourth-order valence-electron chi connectivity index (χ4n) is 2.05. The molecule has 1 nitrogen and oxygen atoms in total. The predicted octanol–water partition coefficient (Wildman–Crippen LogP) is 2.97. The SMILES string of the molecule is CC1SCCSC1C(O)Cc1ccc(F)cc1. The number of thioether (sulfide) groups is 2. The molecular weight excluding hydrogens is 255 g/mol. The lowest BCUT2D eigenvalue weighted by molar-refractivity contribution is 0.171. The molecule has 2 rings (SSSR count). The maximum atomic E-state index is 12.8. The molecule has 3 atom stereocenters. The molecule has 0 amide bonds. The molecule has 1 fully saturated rings. The molecule has 1 saturated heterocycles. The highest BCUT2D eigenvalue weighted by Gasteiger charge is 2.28. The zero-order chi connectivity index (χ0) is 12.3. The van der Waals surface area contributed by atoms with Gasteiger partial charge in [-0.1, -0.05) is 19.1 Å². The standard InChI is InChI=1S/C13H17FOS2/c1-9-13(17-7-6-16-9)12(15)8-10-2-4-11(14)5-3-10/h2-5,9,12-13,15H,6-8H2,1H3. The third-order valence-electron chi connectivity index (χ3n) is 2.97. The van der Waals surface area contributed by atoms with Crippen LogP contribution in [-0.2, 0) is 6.42 Å². The fraction of sp³-hybridized carbons (Fsp3) is 0.538. The number of benzene rings is 1. The van der Waals surface area contributed by atoms with E-state index in [0.29, 0.717) is 16.9 Å². The Morgan fingerprint density at radius 1 is 1.29 bits per heavy atom. The zero-order valence-corrected chi connectivity index (χ0v) is 11.4. The molecule has 17 heavy (non-hydrogen) atoms. The first-order valence-electron chi connectivity index (χ1n) is 5.82. The average molecular weight is 272 g/mol. The van der Waals surface area contributed by atoms with Crippen molar-refractivity contribution in [2.45, 2.75) is 29.9 Å². The van der Waals surface area contributed by atoms with E-state index in [4.69, 9.17) is 0 Å². The minimum Gasteiger partial charge on any atom is -0.392 e. The summed E-state index contributed by atoms with van der Waals surface area (Å²) in [5.41, 5.74) is 1.00. The van der Waals surface area contributed by atoms with Gasteiger partial charge >= 0.3 is 0 Å². The summed E-state index contributed by atoms with van der Waals surface area (Å²) in [6.07, 6.45) is 0.274. The van der Waals surface area contributed by atoms with Crippen molar-refractivity contribution in [1.29, 1.82) is 0 Å². The van der Waals surface area contributed by atoms with Gasteiger partial charge in [-0.3, -0.25) is 0 Å². The summed E-state index contributed by atoms with van der Waals surface area (Å²) in [5.74, 6) is 2.06. The van der Waals surface area contributed by atoms with Crippen molar-refractivity contribution in [3.8, 4) is 0 Å². The van der Waals surface area contributed by atoms with Gasteiger partial charge in [-0.25, -0.2) is 4.39 Å². The first kappa shape index (κ1) is 13.2. The molecule has 0 aliphatic carbocycles. The van der Waals surface area contributed by atoms with E-state index in [2.05, 4.69) is 6.92 Å². The number of halogens is 1.